The predicted octanol–water partition coefficient (Wildman–Crippen LogP) is 3.58. The van der Waals surface area contributed by atoms with E-state index in [4.69, 9.17) is 0 Å². The van der Waals surface area contributed by atoms with Gasteiger partial charge in [-0.2, -0.15) is 0 Å². The van der Waals surface area contributed by atoms with Crippen LogP contribution in [0.15, 0.2) is 54.6 Å². The summed E-state index contributed by atoms with van der Waals surface area (Å²) in [6.07, 6.45) is 2.37. The minimum absolute atomic E-state index is 0.172. The van der Waals surface area contributed by atoms with Gasteiger partial charge in [-0.3, -0.25) is 0 Å². The molecule has 0 aromatic heterocycles. The molecule has 1 aliphatic heterocycles. The lowest BCUT2D eigenvalue weighted by atomic mass is 10.0. The van der Waals surface area contributed by atoms with Crippen LogP contribution in [0, 0.1) is 5.82 Å². The molecule has 1 saturated heterocycles. The molecule has 1 atom stereocenters. The molecule has 0 amide bonds. The predicted molar refractivity (Wildman–Crippen MR) is 84.9 cm³/mol. The molecule has 1 heterocycles. The van der Waals surface area contributed by atoms with Crippen LogP contribution in [0.4, 0.5) is 10.1 Å². The number of nitrogens with zero attached hydrogens (tertiary/aromatic N) is 1. The van der Waals surface area contributed by atoms with Gasteiger partial charge in [-0.15, -0.1) is 0 Å². The molecule has 2 aromatic carbocycles. The van der Waals surface area contributed by atoms with Crippen molar-refractivity contribution >= 4 is 5.69 Å². The second-order valence-electron chi connectivity index (χ2n) is 5.63. The average molecular weight is 284 g/mol. The lowest BCUT2D eigenvalue weighted by molar-refractivity contribution is 0.421. The Morgan fingerprint density at radius 3 is 2.57 bits per heavy atom. The van der Waals surface area contributed by atoms with Gasteiger partial charge < -0.3 is 10.2 Å². The van der Waals surface area contributed by atoms with Crippen LogP contribution in [0.25, 0.3) is 0 Å². The van der Waals surface area contributed by atoms with Crippen molar-refractivity contribution in [2.75, 3.05) is 18.0 Å². The van der Waals surface area contributed by atoms with Crippen LogP contribution in [0.3, 0.4) is 0 Å². The molecule has 0 saturated carbocycles. The van der Waals surface area contributed by atoms with Gasteiger partial charge in [0, 0.05) is 31.4 Å². The minimum Gasteiger partial charge on any atom is -0.370 e. The number of piperidine rings is 1. The van der Waals surface area contributed by atoms with E-state index in [-0.39, 0.29) is 5.82 Å². The first-order chi connectivity index (χ1) is 10.3. The summed E-state index contributed by atoms with van der Waals surface area (Å²) in [5.41, 5.74) is 2.43. The summed E-state index contributed by atoms with van der Waals surface area (Å²) in [5, 5.41) is 3.63. The van der Waals surface area contributed by atoms with Gasteiger partial charge in [0.2, 0.25) is 0 Å². The molecule has 0 aliphatic carbocycles. The minimum atomic E-state index is -0.172. The summed E-state index contributed by atoms with van der Waals surface area (Å²) in [6.45, 7) is 2.94. The number of hydrogen-bond acceptors (Lipinski definition) is 2. The van der Waals surface area contributed by atoms with Crippen LogP contribution in [0.5, 0.6) is 0 Å². The third-order valence-corrected chi connectivity index (χ3v) is 4.05. The fraction of sp³-hybridized carbons (Fsp3) is 0.333. The quantitative estimate of drug-likeness (QED) is 0.923. The van der Waals surface area contributed by atoms with E-state index in [0.717, 1.165) is 25.3 Å². The molecule has 1 N–H and O–H groups in total. The summed E-state index contributed by atoms with van der Waals surface area (Å²) in [6, 6.07) is 17.8. The molecule has 3 heteroatoms. The SMILES string of the molecule is Fc1ccc(N2CCCC(NCc3ccccc3)C2)cc1. The average Bonchev–Trinajstić information content (AvgIpc) is 2.55. The smallest absolute Gasteiger partial charge is 0.123 e. The highest BCUT2D eigenvalue weighted by Gasteiger charge is 2.19. The molecule has 0 bridgehead atoms. The topological polar surface area (TPSA) is 15.3 Å². The van der Waals surface area contributed by atoms with E-state index in [1.165, 1.54) is 30.5 Å². The van der Waals surface area contributed by atoms with Crippen molar-refractivity contribution in [3.63, 3.8) is 0 Å². The van der Waals surface area contributed by atoms with E-state index in [2.05, 4.69) is 34.5 Å². The van der Waals surface area contributed by atoms with E-state index >= 15 is 0 Å². The van der Waals surface area contributed by atoms with Crippen molar-refractivity contribution in [3.8, 4) is 0 Å². The second-order valence-corrected chi connectivity index (χ2v) is 5.63. The highest BCUT2D eigenvalue weighted by Crippen LogP contribution is 2.20. The maximum atomic E-state index is 13.0. The van der Waals surface area contributed by atoms with Crippen molar-refractivity contribution in [1.82, 2.24) is 5.32 Å². The van der Waals surface area contributed by atoms with Crippen LogP contribution in [-0.2, 0) is 6.54 Å². The molecule has 1 fully saturated rings. The second kappa shape index (κ2) is 6.72. The Balaban J connectivity index is 1.57. The van der Waals surface area contributed by atoms with Gasteiger partial charge in [0.25, 0.3) is 0 Å². The van der Waals surface area contributed by atoms with Crippen molar-refractivity contribution < 1.29 is 4.39 Å². The van der Waals surface area contributed by atoms with E-state index < -0.39 is 0 Å². The largest absolute Gasteiger partial charge is 0.370 e. The normalized spacial score (nSPS) is 18.7. The molecular formula is C18H21FN2. The Hall–Kier alpha value is -1.87. The standard InChI is InChI=1S/C18H21FN2/c19-16-8-10-18(11-9-16)21-12-4-7-17(14-21)20-13-15-5-2-1-3-6-15/h1-3,5-6,8-11,17,20H,4,7,12-14H2. The third-order valence-electron chi connectivity index (χ3n) is 4.05. The van der Waals surface area contributed by atoms with E-state index in [1.807, 2.05) is 18.2 Å². The summed E-state index contributed by atoms with van der Waals surface area (Å²) in [4.78, 5) is 2.34. The summed E-state index contributed by atoms with van der Waals surface area (Å²) >= 11 is 0. The van der Waals surface area contributed by atoms with Gasteiger partial charge in [0.05, 0.1) is 0 Å². The van der Waals surface area contributed by atoms with Gasteiger partial charge in [0.1, 0.15) is 5.82 Å². The number of hydrogen-bond donors (Lipinski definition) is 1. The van der Waals surface area contributed by atoms with Crippen molar-refractivity contribution in [1.29, 1.82) is 0 Å². The number of rotatable bonds is 4. The first kappa shape index (κ1) is 14.1. The Morgan fingerprint density at radius 2 is 1.81 bits per heavy atom. The fourth-order valence-corrected chi connectivity index (χ4v) is 2.89. The summed E-state index contributed by atoms with van der Waals surface area (Å²) in [5.74, 6) is -0.172. The lowest BCUT2D eigenvalue weighted by Gasteiger charge is -2.35. The molecule has 2 nitrogen and oxygen atoms in total. The third kappa shape index (κ3) is 3.82. The van der Waals surface area contributed by atoms with Crippen LogP contribution in [0.1, 0.15) is 18.4 Å². The van der Waals surface area contributed by atoms with Gasteiger partial charge in [0.15, 0.2) is 0 Å². The first-order valence-corrected chi connectivity index (χ1v) is 7.59. The maximum Gasteiger partial charge on any atom is 0.123 e. The Bertz CT molecular complexity index is 553. The van der Waals surface area contributed by atoms with Gasteiger partial charge >= 0.3 is 0 Å². The molecule has 1 aliphatic rings. The zero-order chi connectivity index (χ0) is 14.5. The van der Waals surface area contributed by atoms with Gasteiger partial charge in [-0.05, 0) is 42.7 Å². The molecule has 0 radical (unpaired) electrons. The van der Waals surface area contributed by atoms with Crippen molar-refractivity contribution in [3.05, 3.63) is 66.0 Å². The van der Waals surface area contributed by atoms with E-state index in [0.29, 0.717) is 6.04 Å². The molecule has 3 rings (SSSR count). The van der Waals surface area contributed by atoms with Crippen molar-refractivity contribution in [2.24, 2.45) is 0 Å². The molecule has 1 unspecified atom stereocenters. The molecule has 0 spiro atoms. The number of nitrogens with one attached hydrogen (secondary N) is 1. The van der Waals surface area contributed by atoms with Gasteiger partial charge in [-0.1, -0.05) is 30.3 Å². The Morgan fingerprint density at radius 1 is 1.05 bits per heavy atom. The molecular weight excluding hydrogens is 263 g/mol. The zero-order valence-electron chi connectivity index (χ0n) is 12.1. The lowest BCUT2D eigenvalue weighted by Crippen LogP contribution is -2.45. The zero-order valence-corrected chi connectivity index (χ0v) is 12.1. The van der Waals surface area contributed by atoms with Crippen LogP contribution in [-0.4, -0.2) is 19.1 Å². The van der Waals surface area contributed by atoms with Crippen LogP contribution in [0.2, 0.25) is 0 Å². The Labute approximate surface area is 125 Å². The highest BCUT2D eigenvalue weighted by molar-refractivity contribution is 5.46. The van der Waals surface area contributed by atoms with Crippen molar-refractivity contribution in [2.45, 2.75) is 25.4 Å². The Kier molecular flexibility index (Phi) is 4.51. The number of anilines is 1. The van der Waals surface area contributed by atoms with E-state index in [1.54, 1.807) is 0 Å². The number of benzene rings is 2. The van der Waals surface area contributed by atoms with Crippen LogP contribution < -0.4 is 10.2 Å². The highest BCUT2D eigenvalue weighted by atomic mass is 19.1. The molecule has 110 valence electrons. The monoisotopic (exact) mass is 284 g/mol. The maximum absolute atomic E-state index is 13.0. The molecule has 2 aromatic rings. The summed E-state index contributed by atoms with van der Waals surface area (Å²) in [7, 11) is 0. The first-order valence-electron chi connectivity index (χ1n) is 7.59. The van der Waals surface area contributed by atoms with Gasteiger partial charge in [-0.25, -0.2) is 4.39 Å². The molecule has 21 heavy (non-hydrogen) atoms. The van der Waals surface area contributed by atoms with E-state index in [9.17, 15) is 4.39 Å². The fourth-order valence-electron chi connectivity index (χ4n) is 2.89. The summed E-state index contributed by atoms with van der Waals surface area (Å²) < 4.78 is 13.0. The van der Waals surface area contributed by atoms with Crippen LogP contribution >= 0.6 is 0 Å². The number of halogens is 1.